The van der Waals surface area contributed by atoms with Crippen LogP contribution in [0.1, 0.15) is 28.8 Å². The molecule has 0 unspecified atom stereocenters. The van der Waals surface area contributed by atoms with Gasteiger partial charge in [-0.05, 0) is 65.4 Å². The highest BCUT2D eigenvalue weighted by Crippen LogP contribution is 2.35. The van der Waals surface area contributed by atoms with Crippen molar-refractivity contribution in [2.45, 2.75) is 19.6 Å². The molecular formula is C21H19IN2O9. The summed E-state index contributed by atoms with van der Waals surface area (Å²) in [4.78, 5) is 48.6. The maximum absolute atomic E-state index is 12.8. The zero-order valence-corrected chi connectivity index (χ0v) is 19.9. The molecule has 1 saturated heterocycles. The van der Waals surface area contributed by atoms with Crippen molar-refractivity contribution in [1.82, 2.24) is 10.2 Å². The second-order valence-electron chi connectivity index (χ2n) is 6.77. The lowest BCUT2D eigenvalue weighted by Crippen LogP contribution is -2.30. The molecule has 0 aliphatic carbocycles. The Kier molecular flexibility index (Phi) is 7.26. The molecule has 0 spiro atoms. The Morgan fingerprint density at radius 2 is 2.00 bits per heavy atom. The van der Waals surface area contributed by atoms with Gasteiger partial charge in [0, 0.05) is 0 Å². The number of esters is 1. The Balaban J connectivity index is 1.82. The number of carboxylic acids is 1. The third-order valence-electron chi connectivity index (χ3n) is 4.53. The number of methoxy groups -OCH3 is 2. The highest BCUT2D eigenvalue weighted by Gasteiger charge is 2.34. The summed E-state index contributed by atoms with van der Waals surface area (Å²) in [6.45, 7) is 1.21. The quantitative estimate of drug-likeness (QED) is 0.212. The fraction of sp³-hybridized carbons (Fsp3) is 0.238. The van der Waals surface area contributed by atoms with E-state index in [1.54, 1.807) is 12.1 Å². The van der Waals surface area contributed by atoms with Gasteiger partial charge >= 0.3 is 18.0 Å². The number of furan rings is 1. The van der Waals surface area contributed by atoms with Gasteiger partial charge in [-0.15, -0.1) is 0 Å². The summed E-state index contributed by atoms with van der Waals surface area (Å²) < 4.78 is 21.2. The standard InChI is InChI=1S/C21H19IN2O9/c1-10(19(26)27)32-17-13(22)6-11(8-16(17)30-2)7-14-18(25)24(21(29)23-14)9-12-4-5-15(33-12)20(28)31-3/h4-8,10H,9H2,1-3H3,(H,23,29)(H,26,27)/b14-7-/t10-/m0/s1. The molecule has 3 rings (SSSR count). The van der Waals surface area contributed by atoms with E-state index >= 15 is 0 Å². The number of urea groups is 1. The molecule has 2 heterocycles. The Morgan fingerprint density at radius 1 is 1.27 bits per heavy atom. The van der Waals surface area contributed by atoms with Crippen molar-refractivity contribution in [3.05, 3.63) is 50.6 Å². The molecule has 2 aromatic rings. The van der Waals surface area contributed by atoms with Crippen molar-refractivity contribution < 1.29 is 42.9 Å². The van der Waals surface area contributed by atoms with Crippen molar-refractivity contribution in [3.63, 3.8) is 0 Å². The Labute approximate surface area is 201 Å². The second-order valence-corrected chi connectivity index (χ2v) is 7.93. The monoisotopic (exact) mass is 570 g/mol. The molecule has 1 aromatic carbocycles. The topological polar surface area (TPSA) is 145 Å². The summed E-state index contributed by atoms with van der Waals surface area (Å²) in [5, 5.41) is 11.6. The number of rotatable bonds is 8. The van der Waals surface area contributed by atoms with Crippen LogP contribution in [0.3, 0.4) is 0 Å². The van der Waals surface area contributed by atoms with Gasteiger partial charge in [-0.3, -0.25) is 9.69 Å². The van der Waals surface area contributed by atoms with Crippen LogP contribution in [0, 0.1) is 3.57 Å². The van der Waals surface area contributed by atoms with Gasteiger partial charge in [0.2, 0.25) is 5.76 Å². The molecule has 0 bridgehead atoms. The van der Waals surface area contributed by atoms with Crippen molar-refractivity contribution >= 4 is 52.5 Å². The third kappa shape index (κ3) is 5.27. The number of imide groups is 1. The maximum Gasteiger partial charge on any atom is 0.373 e. The first-order valence-corrected chi connectivity index (χ1v) is 10.5. The van der Waals surface area contributed by atoms with Gasteiger partial charge in [-0.2, -0.15) is 0 Å². The van der Waals surface area contributed by atoms with Crippen LogP contribution in [-0.4, -0.2) is 54.2 Å². The maximum atomic E-state index is 12.8. The summed E-state index contributed by atoms with van der Waals surface area (Å²) >= 11 is 1.96. The number of ether oxygens (including phenoxy) is 3. The molecule has 1 fully saturated rings. The molecule has 12 heteroatoms. The van der Waals surface area contributed by atoms with Crippen molar-refractivity contribution in [2.75, 3.05) is 14.2 Å². The lowest BCUT2D eigenvalue weighted by molar-refractivity contribution is -0.144. The minimum absolute atomic E-state index is 0.0187. The minimum Gasteiger partial charge on any atom is -0.493 e. The van der Waals surface area contributed by atoms with E-state index in [9.17, 15) is 19.2 Å². The van der Waals surface area contributed by atoms with E-state index in [1.807, 2.05) is 22.6 Å². The van der Waals surface area contributed by atoms with Gasteiger partial charge in [0.1, 0.15) is 11.5 Å². The summed E-state index contributed by atoms with van der Waals surface area (Å²) in [7, 11) is 2.61. The molecular weight excluding hydrogens is 551 g/mol. The Hall–Kier alpha value is -3.55. The van der Waals surface area contributed by atoms with Gasteiger partial charge in [0.15, 0.2) is 17.6 Å². The summed E-state index contributed by atoms with van der Waals surface area (Å²) in [6, 6.07) is 5.41. The van der Waals surface area contributed by atoms with Crippen molar-refractivity contribution in [2.24, 2.45) is 0 Å². The van der Waals surface area contributed by atoms with Crippen LogP contribution >= 0.6 is 22.6 Å². The van der Waals surface area contributed by atoms with E-state index in [1.165, 1.54) is 39.4 Å². The third-order valence-corrected chi connectivity index (χ3v) is 5.33. The van der Waals surface area contributed by atoms with Crippen molar-refractivity contribution in [1.29, 1.82) is 0 Å². The van der Waals surface area contributed by atoms with E-state index in [0.717, 1.165) is 4.90 Å². The SMILES string of the molecule is COC(=O)c1ccc(CN2C(=O)N/C(=C\c3cc(I)c(O[C@@H](C)C(=O)O)c(OC)c3)C2=O)o1. The highest BCUT2D eigenvalue weighted by molar-refractivity contribution is 14.1. The van der Waals surface area contributed by atoms with Crippen LogP contribution in [0.4, 0.5) is 4.79 Å². The second kappa shape index (κ2) is 9.94. The van der Waals surface area contributed by atoms with Crippen LogP contribution in [-0.2, 0) is 20.9 Å². The number of carbonyl (C=O) groups excluding carboxylic acids is 3. The number of carbonyl (C=O) groups is 4. The lowest BCUT2D eigenvalue weighted by Gasteiger charge is -2.16. The first kappa shape index (κ1) is 24.1. The van der Waals surface area contributed by atoms with Gasteiger partial charge in [-0.1, -0.05) is 0 Å². The van der Waals surface area contributed by atoms with Gasteiger partial charge in [0.25, 0.3) is 5.91 Å². The number of amides is 3. The van der Waals surface area contributed by atoms with Gasteiger partial charge in [0.05, 0.1) is 24.3 Å². The summed E-state index contributed by atoms with van der Waals surface area (Å²) in [6.07, 6.45) is 0.360. The molecule has 1 aromatic heterocycles. The van der Waals surface area contributed by atoms with Crippen LogP contribution in [0.15, 0.2) is 34.4 Å². The lowest BCUT2D eigenvalue weighted by atomic mass is 10.1. The molecule has 1 aliphatic heterocycles. The number of nitrogens with zero attached hydrogens (tertiary/aromatic N) is 1. The molecule has 2 N–H and O–H groups in total. The summed E-state index contributed by atoms with van der Waals surface area (Å²) in [5.41, 5.74) is 0.535. The molecule has 1 atom stereocenters. The van der Waals surface area contributed by atoms with E-state index in [0.29, 0.717) is 9.13 Å². The molecule has 11 nitrogen and oxygen atoms in total. The Bertz CT molecular complexity index is 1150. The fourth-order valence-corrected chi connectivity index (χ4v) is 3.63. The average molecular weight is 570 g/mol. The largest absolute Gasteiger partial charge is 0.493 e. The predicted octanol–water partition coefficient (Wildman–Crippen LogP) is 2.62. The smallest absolute Gasteiger partial charge is 0.373 e. The normalized spacial score (nSPS) is 15.4. The average Bonchev–Trinajstić information content (AvgIpc) is 3.35. The molecule has 3 amide bonds. The van der Waals surface area contributed by atoms with Crippen LogP contribution in [0.5, 0.6) is 11.5 Å². The zero-order valence-electron chi connectivity index (χ0n) is 17.7. The first-order valence-electron chi connectivity index (χ1n) is 9.43. The number of nitrogens with one attached hydrogen (secondary N) is 1. The first-order chi connectivity index (χ1) is 15.6. The van der Waals surface area contributed by atoms with Gasteiger partial charge in [-0.25, -0.2) is 14.4 Å². The molecule has 174 valence electrons. The number of aliphatic carboxylic acids is 1. The number of hydrogen-bond acceptors (Lipinski definition) is 8. The van der Waals surface area contributed by atoms with E-state index in [4.69, 9.17) is 19.0 Å². The number of halogens is 1. The van der Waals surface area contributed by atoms with E-state index in [-0.39, 0.29) is 35.3 Å². The van der Waals surface area contributed by atoms with Crippen LogP contribution in [0.25, 0.3) is 6.08 Å². The van der Waals surface area contributed by atoms with Crippen molar-refractivity contribution in [3.8, 4) is 11.5 Å². The minimum atomic E-state index is -1.13. The summed E-state index contributed by atoms with van der Waals surface area (Å²) in [5.74, 6) is -1.70. The van der Waals surface area contributed by atoms with Crippen LogP contribution in [0.2, 0.25) is 0 Å². The number of hydrogen-bond donors (Lipinski definition) is 2. The van der Waals surface area contributed by atoms with Crippen LogP contribution < -0.4 is 14.8 Å². The molecule has 1 aliphatic rings. The fourth-order valence-electron chi connectivity index (χ4n) is 2.88. The Morgan fingerprint density at radius 3 is 2.64 bits per heavy atom. The number of benzene rings is 1. The van der Waals surface area contributed by atoms with Gasteiger partial charge < -0.3 is 29.1 Å². The molecule has 0 radical (unpaired) electrons. The molecule has 33 heavy (non-hydrogen) atoms. The zero-order chi connectivity index (χ0) is 24.3. The molecule has 0 saturated carbocycles. The number of carboxylic acid groups (broad SMARTS) is 1. The van der Waals surface area contributed by atoms with E-state index in [2.05, 4.69) is 10.1 Å². The predicted molar refractivity (Wildman–Crippen MR) is 121 cm³/mol. The highest BCUT2D eigenvalue weighted by atomic mass is 127. The van der Waals surface area contributed by atoms with E-state index < -0.39 is 30.0 Å².